The Bertz CT molecular complexity index is 750. The first kappa shape index (κ1) is 19.1. The summed E-state index contributed by atoms with van der Waals surface area (Å²) in [7, 11) is 3.49. The minimum atomic E-state index is -0.150. The Morgan fingerprint density at radius 2 is 1.72 bits per heavy atom. The van der Waals surface area contributed by atoms with Gasteiger partial charge in [-0.3, -0.25) is 14.5 Å². The van der Waals surface area contributed by atoms with Crippen LogP contribution in [0.25, 0.3) is 0 Å². The molecule has 0 saturated heterocycles. The van der Waals surface area contributed by atoms with E-state index < -0.39 is 0 Å². The second kappa shape index (κ2) is 8.78. The monoisotopic (exact) mass is 403 g/mol. The van der Waals surface area contributed by atoms with Gasteiger partial charge in [-0.25, -0.2) is 0 Å². The van der Waals surface area contributed by atoms with Crippen molar-refractivity contribution in [3.63, 3.8) is 0 Å². The fourth-order valence-electron chi connectivity index (χ4n) is 2.39. The highest BCUT2D eigenvalue weighted by molar-refractivity contribution is 9.10. The van der Waals surface area contributed by atoms with E-state index in [-0.39, 0.29) is 24.9 Å². The van der Waals surface area contributed by atoms with Crippen LogP contribution in [0.5, 0.6) is 0 Å². The summed E-state index contributed by atoms with van der Waals surface area (Å²) in [4.78, 5) is 27.8. The predicted octanol–water partition coefficient (Wildman–Crippen LogP) is 3.29. The number of likely N-dealkylation sites (N-methyl/N-ethyl adjacent to an activating group) is 2. The number of halogens is 1. The van der Waals surface area contributed by atoms with Crippen molar-refractivity contribution >= 4 is 39.1 Å². The van der Waals surface area contributed by atoms with E-state index >= 15 is 0 Å². The molecule has 2 aromatic carbocycles. The van der Waals surface area contributed by atoms with E-state index in [1.807, 2.05) is 55.5 Å². The van der Waals surface area contributed by atoms with Crippen molar-refractivity contribution in [1.29, 1.82) is 0 Å². The topological polar surface area (TPSA) is 52.7 Å². The van der Waals surface area contributed by atoms with Gasteiger partial charge in [0.05, 0.1) is 13.1 Å². The lowest BCUT2D eigenvalue weighted by Crippen LogP contribution is -2.39. The number of benzene rings is 2. The third-order valence-corrected chi connectivity index (χ3v) is 4.29. The van der Waals surface area contributed by atoms with Gasteiger partial charge in [-0.15, -0.1) is 0 Å². The summed E-state index contributed by atoms with van der Waals surface area (Å²) in [6.07, 6.45) is 0. The van der Waals surface area contributed by atoms with Crippen LogP contribution in [0.1, 0.15) is 5.56 Å². The number of carbonyl (C=O) groups is 2. The number of rotatable bonds is 6. The maximum Gasteiger partial charge on any atom is 0.240 e. The van der Waals surface area contributed by atoms with Crippen LogP contribution in [0, 0.1) is 6.92 Å². The van der Waals surface area contributed by atoms with E-state index in [9.17, 15) is 9.59 Å². The lowest BCUT2D eigenvalue weighted by molar-refractivity contribution is -0.120. The molecule has 2 aromatic rings. The van der Waals surface area contributed by atoms with Crippen molar-refractivity contribution in [3.8, 4) is 0 Å². The zero-order chi connectivity index (χ0) is 18.4. The fourth-order valence-corrected chi connectivity index (χ4v) is 2.87. The summed E-state index contributed by atoms with van der Waals surface area (Å²) >= 11 is 3.40. The van der Waals surface area contributed by atoms with Gasteiger partial charge in [0.2, 0.25) is 11.8 Å². The molecule has 5 nitrogen and oxygen atoms in total. The standard InChI is InChI=1S/C19H22BrN3O2/c1-14-11-15(20)9-10-17(14)21-18(24)12-22(2)13-19(25)23(3)16-7-5-4-6-8-16/h4-11H,12-13H2,1-3H3,(H,21,24). The highest BCUT2D eigenvalue weighted by Crippen LogP contribution is 2.20. The molecule has 0 heterocycles. The van der Waals surface area contributed by atoms with Gasteiger partial charge in [0.25, 0.3) is 0 Å². The molecule has 0 fully saturated rings. The number of amides is 2. The van der Waals surface area contributed by atoms with Crippen LogP contribution in [0.15, 0.2) is 53.0 Å². The molecule has 1 N–H and O–H groups in total. The van der Waals surface area contributed by atoms with Crippen LogP contribution >= 0.6 is 15.9 Å². The highest BCUT2D eigenvalue weighted by Gasteiger charge is 2.15. The number of anilines is 2. The lowest BCUT2D eigenvalue weighted by atomic mass is 10.2. The van der Waals surface area contributed by atoms with E-state index in [1.165, 1.54) is 0 Å². The summed E-state index contributed by atoms with van der Waals surface area (Å²) in [6.45, 7) is 2.24. The molecule has 25 heavy (non-hydrogen) atoms. The molecular weight excluding hydrogens is 382 g/mol. The van der Waals surface area contributed by atoms with Crippen molar-refractivity contribution in [2.45, 2.75) is 6.92 Å². The van der Waals surface area contributed by atoms with Gasteiger partial charge in [0.15, 0.2) is 0 Å². The maximum absolute atomic E-state index is 12.3. The molecule has 0 atom stereocenters. The largest absolute Gasteiger partial charge is 0.325 e. The zero-order valence-electron chi connectivity index (χ0n) is 14.6. The molecule has 0 aliphatic heterocycles. The van der Waals surface area contributed by atoms with Gasteiger partial charge in [-0.1, -0.05) is 34.1 Å². The molecule has 0 aromatic heterocycles. The van der Waals surface area contributed by atoms with Gasteiger partial charge < -0.3 is 10.2 Å². The Hall–Kier alpha value is -2.18. The predicted molar refractivity (Wildman–Crippen MR) is 105 cm³/mol. The Labute approximate surface area is 156 Å². The molecule has 0 saturated carbocycles. The summed E-state index contributed by atoms with van der Waals surface area (Å²) in [5.41, 5.74) is 2.58. The summed E-state index contributed by atoms with van der Waals surface area (Å²) < 4.78 is 0.967. The summed E-state index contributed by atoms with van der Waals surface area (Å²) in [5.74, 6) is -0.218. The Morgan fingerprint density at radius 1 is 1.04 bits per heavy atom. The number of hydrogen-bond acceptors (Lipinski definition) is 3. The van der Waals surface area contributed by atoms with Crippen LogP contribution in [-0.2, 0) is 9.59 Å². The minimum absolute atomic E-state index is 0.0682. The van der Waals surface area contributed by atoms with Crippen LogP contribution in [-0.4, -0.2) is 43.9 Å². The number of nitrogens with one attached hydrogen (secondary N) is 1. The lowest BCUT2D eigenvalue weighted by Gasteiger charge is -2.21. The Balaban J connectivity index is 1.87. The molecule has 0 aliphatic carbocycles. The van der Waals surface area contributed by atoms with Crippen LogP contribution < -0.4 is 10.2 Å². The van der Waals surface area contributed by atoms with Crippen molar-refractivity contribution in [2.24, 2.45) is 0 Å². The molecular formula is C19H22BrN3O2. The Morgan fingerprint density at radius 3 is 2.36 bits per heavy atom. The van der Waals surface area contributed by atoms with Crippen molar-refractivity contribution in [1.82, 2.24) is 4.90 Å². The minimum Gasteiger partial charge on any atom is -0.325 e. The molecule has 0 spiro atoms. The first-order valence-electron chi connectivity index (χ1n) is 7.93. The van der Waals surface area contributed by atoms with Gasteiger partial charge in [0, 0.05) is 22.9 Å². The average Bonchev–Trinajstić information content (AvgIpc) is 2.57. The van der Waals surface area contributed by atoms with E-state index in [1.54, 1.807) is 23.9 Å². The van der Waals surface area contributed by atoms with Crippen LogP contribution in [0.2, 0.25) is 0 Å². The fraction of sp³-hybridized carbons (Fsp3) is 0.263. The molecule has 2 amide bonds. The number of nitrogens with zero attached hydrogens (tertiary/aromatic N) is 2. The van der Waals surface area contributed by atoms with Crippen LogP contribution in [0.3, 0.4) is 0 Å². The van der Waals surface area contributed by atoms with E-state index in [0.717, 1.165) is 21.4 Å². The van der Waals surface area contributed by atoms with E-state index in [4.69, 9.17) is 0 Å². The second-order valence-electron chi connectivity index (χ2n) is 5.97. The molecule has 0 radical (unpaired) electrons. The van der Waals surface area contributed by atoms with Gasteiger partial charge in [-0.2, -0.15) is 0 Å². The second-order valence-corrected chi connectivity index (χ2v) is 6.88. The van der Waals surface area contributed by atoms with Gasteiger partial charge in [0.1, 0.15) is 0 Å². The number of aryl methyl sites for hydroxylation is 1. The smallest absolute Gasteiger partial charge is 0.240 e. The van der Waals surface area contributed by atoms with Crippen molar-refractivity contribution in [2.75, 3.05) is 37.4 Å². The normalized spacial score (nSPS) is 10.6. The quantitative estimate of drug-likeness (QED) is 0.804. The number of para-hydroxylation sites is 1. The highest BCUT2D eigenvalue weighted by atomic mass is 79.9. The average molecular weight is 404 g/mol. The summed E-state index contributed by atoms with van der Waals surface area (Å²) in [5, 5.41) is 2.88. The SMILES string of the molecule is Cc1cc(Br)ccc1NC(=O)CN(C)CC(=O)N(C)c1ccccc1. The molecule has 0 aliphatic rings. The number of hydrogen-bond donors (Lipinski definition) is 1. The van der Waals surface area contributed by atoms with Crippen molar-refractivity contribution in [3.05, 3.63) is 58.6 Å². The first-order valence-corrected chi connectivity index (χ1v) is 8.72. The van der Waals surface area contributed by atoms with Gasteiger partial charge in [-0.05, 0) is 49.9 Å². The molecule has 0 unspecified atom stereocenters. The maximum atomic E-state index is 12.3. The number of carbonyl (C=O) groups excluding carboxylic acids is 2. The third kappa shape index (κ3) is 5.69. The van der Waals surface area contributed by atoms with Crippen LogP contribution in [0.4, 0.5) is 11.4 Å². The Kier molecular flexibility index (Phi) is 6.73. The molecule has 0 bridgehead atoms. The molecule has 132 valence electrons. The molecule has 6 heteroatoms. The first-order chi connectivity index (χ1) is 11.9. The van der Waals surface area contributed by atoms with E-state index in [0.29, 0.717) is 0 Å². The van der Waals surface area contributed by atoms with E-state index in [2.05, 4.69) is 21.2 Å². The van der Waals surface area contributed by atoms with Gasteiger partial charge >= 0.3 is 0 Å². The third-order valence-electron chi connectivity index (χ3n) is 3.80. The molecule has 2 rings (SSSR count). The summed E-state index contributed by atoms with van der Waals surface area (Å²) in [6, 6.07) is 15.1. The zero-order valence-corrected chi connectivity index (χ0v) is 16.2. The van der Waals surface area contributed by atoms with Crippen molar-refractivity contribution < 1.29 is 9.59 Å².